The van der Waals surface area contributed by atoms with E-state index in [9.17, 15) is 17.8 Å². The van der Waals surface area contributed by atoms with E-state index in [2.05, 4.69) is 5.32 Å². The van der Waals surface area contributed by atoms with Gasteiger partial charge in [-0.15, -0.1) is 0 Å². The molecule has 1 saturated heterocycles. The third-order valence-electron chi connectivity index (χ3n) is 4.28. The molecule has 0 aliphatic carbocycles. The SMILES string of the molecule is CC(=CC(C)c1ccccc1)C1CC(C)(CS(=O)(=O)[O-])NC1=O.[Na+]. The van der Waals surface area contributed by atoms with Crippen LogP contribution < -0.4 is 34.9 Å². The fraction of sp³-hybridized carbons (Fsp3) is 0.471. The first kappa shape index (κ1) is 21.4. The summed E-state index contributed by atoms with van der Waals surface area (Å²) in [4.78, 5) is 12.2. The first-order chi connectivity index (χ1) is 10.6. The van der Waals surface area contributed by atoms with Crippen LogP contribution in [0.4, 0.5) is 0 Å². The molecule has 1 fully saturated rings. The fourth-order valence-electron chi connectivity index (χ4n) is 3.20. The zero-order chi connectivity index (χ0) is 17.3. The predicted molar refractivity (Wildman–Crippen MR) is 87.8 cm³/mol. The van der Waals surface area contributed by atoms with Crippen LogP contribution in [-0.4, -0.2) is 30.2 Å². The number of benzene rings is 1. The molecular formula is C17H22NNaO4S. The van der Waals surface area contributed by atoms with Crippen molar-refractivity contribution in [2.75, 3.05) is 5.75 Å². The van der Waals surface area contributed by atoms with Crippen LogP contribution in [0.15, 0.2) is 42.0 Å². The molecule has 1 heterocycles. The number of amides is 1. The average molecular weight is 359 g/mol. The van der Waals surface area contributed by atoms with E-state index in [0.717, 1.165) is 11.1 Å². The van der Waals surface area contributed by atoms with E-state index in [0.29, 0.717) is 6.42 Å². The Hall–Kier alpha value is -0.660. The predicted octanol–water partition coefficient (Wildman–Crippen LogP) is -0.820. The Morgan fingerprint density at radius 3 is 2.54 bits per heavy atom. The third-order valence-corrected chi connectivity index (χ3v) is 5.27. The maximum atomic E-state index is 12.2. The molecule has 0 spiro atoms. The molecule has 5 nitrogen and oxygen atoms in total. The van der Waals surface area contributed by atoms with Crippen LogP contribution in [0.2, 0.25) is 0 Å². The molecule has 1 amide bonds. The summed E-state index contributed by atoms with van der Waals surface area (Å²) in [5.74, 6) is -1.04. The van der Waals surface area contributed by atoms with Gasteiger partial charge in [-0.05, 0) is 31.7 Å². The molecule has 3 atom stereocenters. The fourth-order valence-corrected chi connectivity index (χ4v) is 4.17. The minimum atomic E-state index is -4.39. The van der Waals surface area contributed by atoms with E-state index >= 15 is 0 Å². The van der Waals surface area contributed by atoms with Crippen molar-refractivity contribution >= 4 is 16.0 Å². The molecule has 1 N–H and O–H groups in total. The van der Waals surface area contributed by atoms with Crippen molar-refractivity contribution in [2.45, 2.75) is 38.6 Å². The van der Waals surface area contributed by atoms with Crippen LogP contribution in [0.5, 0.6) is 0 Å². The van der Waals surface area contributed by atoms with Gasteiger partial charge in [0.1, 0.15) is 0 Å². The largest absolute Gasteiger partial charge is 1.00 e. The van der Waals surface area contributed by atoms with Gasteiger partial charge in [0.15, 0.2) is 0 Å². The molecule has 0 saturated carbocycles. The van der Waals surface area contributed by atoms with Gasteiger partial charge in [-0.3, -0.25) is 4.79 Å². The van der Waals surface area contributed by atoms with Crippen molar-refractivity contribution in [3.63, 3.8) is 0 Å². The number of hydrogen-bond donors (Lipinski definition) is 1. The van der Waals surface area contributed by atoms with Crippen LogP contribution in [0, 0.1) is 5.92 Å². The Morgan fingerprint density at radius 1 is 1.42 bits per heavy atom. The van der Waals surface area contributed by atoms with Crippen molar-refractivity contribution in [2.24, 2.45) is 5.92 Å². The Balaban J connectivity index is 0.00000288. The molecule has 126 valence electrons. The summed E-state index contributed by atoms with van der Waals surface area (Å²) < 4.78 is 33.1. The number of rotatable bonds is 5. The maximum Gasteiger partial charge on any atom is 1.00 e. The van der Waals surface area contributed by atoms with Crippen LogP contribution in [0.1, 0.15) is 38.7 Å². The second kappa shape index (κ2) is 8.15. The number of carbonyl (C=O) groups excluding carboxylic acids is 1. The minimum Gasteiger partial charge on any atom is -0.748 e. The summed E-state index contributed by atoms with van der Waals surface area (Å²) >= 11 is 0. The molecule has 1 aromatic carbocycles. The normalized spacial score (nSPS) is 25.8. The van der Waals surface area contributed by atoms with Crippen molar-refractivity contribution in [3.8, 4) is 0 Å². The van der Waals surface area contributed by atoms with Crippen molar-refractivity contribution in [3.05, 3.63) is 47.5 Å². The second-order valence-corrected chi connectivity index (χ2v) is 8.02. The number of hydrogen-bond acceptors (Lipinski definition) is 4. The molecular weight excluding hydrogens is 337 g/mol. The van der Waals surface area contributed by atoms with E-state index in [1.165, 1.54) is 0 Å². The van der Waals surface area contributed by atoms with Gasteiger partial charge in [0.2, 0.25) is 5.91 Å². The third kappa shape index (κ3) is 5.70. The van der Waals surface area contributed by atoms with Gasteiger partial charge >= 0.3 is 29.6 Å². The zero-order valence-electron chi connectivity index (χ0n) is 14.6. The van der Waals surface area contributed by atoms with Crippen LogP contribution in [-0.2, 0) is 14.9 Å². The number of carbonyl (C=O) groups is 1. The van der Waals surface area contributed by atoms with Gasteiger partial charge in [0, 0.05) is 0 Å². The van der Waals surface area contributed by atoms with Crippen LogP contribution in [0.3, 0.4) is 0 Å². The molecule has 0 bridgehead atoms. The van der Waals surface area contributed by atoms with Crippen molar-refractivity contribution in [1.82, 2.24) is 5.32 Å². The summed E-state index contributed by atoms with van der Waals surface area (Å²) in [6.45, 7) is 5.53. The molecule has 0 aromatic heterocycles. The Labute approximate surface area is 166 Å². The van der Waals surface area contributed by atoms with Crippen molar-refractivity contribution in [1.29, 1.82) is 0 Å². The first-order valence-corrected chi connectivity index (χ1v) is 9.16. The number of allylic oxidation sites excluding steroid dienone is 1. The molecule has 24 heavy (non-hydrogen) atoms. The number of nitrogens with one attached hydrogen (secondary N) is 1. The van der Waals surface area contributed by atoms with Gasteiger partial charge in [-0.25, -0.2) is 8.42 Å². The van der Waals surface area contributed by atoms with Gasteiger partial charge in [-0.1, -0.05) is 48.9 Å². The Morgan fingerprint density at radius 2 is 2.00 bits per heavy atom. The van der Waals surface area contributed by atoms with Gasteiger partial charge in [0.05, 0.1) is 27.3 Å². The van der Waals surface area contributed by atoms with E-state index in [-0.39, 0.29) is 41.4 Å². The molecule has 3 unspecified atom stereocenters. The topological polar surface area (TPSA) is 86.3 Å². The molecule has 1 aromatic rings. The van der Waals surface area contributed by atoms with Crippen LogP contribution in [0.25, 0.3) is 0 Å². The Bertz CT molecular complexity index is 717. The first-order valence-electron chi connectivity index (χ1n) is 7.58. The van der Waals surface area contributed by atoms with Gasteiger partial charge in [0.25, 0.3) is 0 Å². The van der Waals surface area contributed by atoms with Crippen LogP contribution >= 0.6 is 0 Å². The summed E-state index contributed by atoms with van der Waals surface area (Å²) in [5.41, 5.74) is 1.05. The smallest absolute Gasteiger partial charge is 0.748 e. The minimum absolute atomic E-state index is 0. The summed E-state index contributed by atoms with van der Waals surface area (Å²) in [6, 6.07) is 9.93. The van der Waals surface area contributed by atoms with E-state index in [1.54, 1.807) is 6.92 Å². The molecule has 1 aliphatic rings. The molecule has 2 rings (SSSR count). The monoisotopic (exact) mass is 359 g/mol. The quantitative estimate of drug-likeness (QED) is 0.423. The summed E-state index contributed by atoms with van der Waals surface area (Å²) in [7, 11) is -4.39. The molecule has 0 radical (unpaired) electrons. The molecule has 7 heteroatoms. The maximum absolute atomic E-state index is 12.2. The van der Waals surface area contributed by atoms with E-state index < -0.39 is 27.3 Å². The second-order valence-electron chi connectivity index (χ2n) is 6.62. The average Bonchev–Trinajstić information content (AvgIpc) is 2.72. The van der Waals surface area contributed by atoms with E-state index in [1.807, 2.05) is 50.3 Å². The molecule has 1 aliphatic heterocycles. The van der Waals surface area contributed by atoms with E-state index in [4.69, 9.17) is 0 Å². The summed E-state index contributed by atoms with van der Waals surface area (Å²) in [6.07, 6.45) is 2.34. The Kier molecular flexibility index (Phi) is 7.26. The zero-order valence-corrected chi connectivity index (χ0v) is 17.4. The standard InChI is InChI=1S/C17H23NO4S.Na/c1-12(14-7-5-4-6-8-14)9-13(2)15-10-17(3,18-16(15)19)11-23(20,21)22;/h4-9,12,15H,10-11H2,1-3H3,(H,18,19)(H,20,21,22);/q;+1/p-1. The van der Waals surface area contributed by atoms with Gasteiger partial charge < -0.3 is 9.87 Å². The summed E-state index contributed by atoms with van der Waals surface area (Å²) in [5, 5.41) is 2.67. The van der Waals surface area contributed by atoms with Crippen molar-refractivity contribution < 1.29 is 47.3 Å². The van der Waals surface area contributed by atoms with Gasteiger partial charge in [-0.2, -0.15) is 0 Å².